The maximum absolute atomic E-state index is 12.2. The smallest absolute Gasteiger partial charge is 0.317 e. The molecule has 1 unspecified atom stereocenters. The van der Waals surface area contributed by atoms with Crippen molar-refractivity contribution in [1.82, 2.24) is 10.2 Å². The Kier molecular flexibility index (Phi) is 5.97. The molecular formula is C16H24N2O3S. The second kappa shape index (κ2) is 7.74. The first-order valence-corrected chi connectivity index (χ1v) is 8.66. The van der Waals surface area contributed by atoms with Crippen LogP contribution in [0.4, 0.5) is 0 Å². The number of carbonyl (C=O) groups is 2. The van der Waals surface area contributed by atoms with E-state index < -0.39 is 5.97 Å². The minimum atomic E-state index is -0.793. The van der Waals surface area contributed by atoms with E-state index in [0.29, 0.717) is 0 Å². The molecule has 1 atom stereocenters. The van der Waals surface area contributed by atoms with Crippen molar-refractivity contribution in [3.05, 3.63) is 22.4 Å². The van der Waals surface area contributed by atoms with Crippen molar-refractivity contribution in [3.63, 3.8) is 0 Å². The summed E-state index contributed by atoms with van der Waals surface area (Å²) in [6, 6.07) is 4.52. The van der Waals surface area contributed by atoms with Gasteiger partial charge in [-0.25, -0.2) is 0 Å². The summed E-state index contributed by atoms with van der Waals surface area (Å²) in [4.78, 5) is 26.2. The summed E-state index contributed by atoms with van der Waals surface area (Å²) in [5.74, 6) is -0.726. The van der Waals surface area contributed by atoms with E-state index in [4.69, 9.17) is 5.11 Å². The lowest BCUT2D eigenvalue weighted by atomic mass is 9.85. The van der Waals surface area contributed by atoms with Crippen LogP contribution in [0.15, 0.2) is 17.5 Å². The molecule has 2 N–H and O–H groups in total. The number of carbonyl (C=O) groups excluding carboxylic acids is 1. The fraction of sp³-hybridized carbons (Fsp3) is 0.625. The molecule has 1 aliphatic rings. The van der Waals surface area contributed by atoms with Gasteiger partial charge in [0, 0.05) is 22.9 Å². The Morgan fingerprint density at radius 1 is 1.50 bits per heavy atom. The van der Waals surface area contributed by atoms with Gasteiger partial charge in [-0.3, -0.25) is 14.5 Å². The SMILES string of the molecule is CCN(CC(=O)O)C1CC(NC(=O)C(C)Cc2cccs2)C1. The van der Waals surface area contributed by atoms with Crippen LogP contribution in [0.25, 0.3) is 0 Å². The number of hydrogen-bond donors (Lipinski definition) is 2. The largest absolute Gasteiger partial charge is 0.480 e. The maximum Gasteiger partial charge on any atom is 0.317 e. The van der Waals surface area contributed by atoms with Crippen LogP contribution in [0.2, 0.25) is 0 Å². The Bertz CT molecular complexity index is 497. The third-order valence-corrected chi connectivity index (χ3v) is 5.15. The highest BCUT2D eigenvalue weighted by atomic mass is 32.1. The second-order valence-corrected chi connectivity index (χ2v) is 7.00. The molecule has 0 aromatic carbocycles. The first kappa shape index (κ1) is 17.0. The first-order valence-electron chi connectivity index (χ1n) is 7.78. The molecule has 0 radical (unpaired) electrons. The van der Waals surface area contributed by atoms with E-state index in [9.17, 15) is 9.59 Å². The van der Waals surface area contributed by atoms with Crippen molar-refractivity contribution in [2.24, 2.45) is 5.92 Å². The van der Waals surface area contributed by atoms with Gasteiger partial charge < -0.3 is 10.4 Å². The van der Waals surface area contributed by atoms with Crippen LogP contribution in [0.5, 0.6) is 0 Å². The molecule has 1 aromatic heterocycles. The Labute approximate surface area is 135 Å². The predicted octanol–water partition coefficient (Wildman–Crippen LogP) is 1.98. The monoisotopic (exact) mass is 324 g/mol. The second-order valence-electron chi connectivity index (χ2n) is 5.97. The Morgan fingerprint density at radius 2 is 2.23 bits per heavy atom. The van der Waals surface area contributed by atoms with E-state index in [1.54, 1.807) is 11.3 Å². The molecule has 0 spiro atoms. The van der Waals surface area contributed by atoms with Gasteiger partial charge in [0.15, 0.2) is 0 Å². The molecule has 2 rings (SSSR count). The number of likely N-dealkylation sites (N-methyl/N-ethyl adjacent to an activating group) is 1. The lowest BCUT2D eigenvalue weighted by Crippen LogP contribution is -2.55. The molecule has 1 aliphatic carbocycles. The van der Waals surface area contributed by atoms with E-state index in [2.05, 4.69) is 11.4 Å². The number of carboxylic acids is 1. The molecule has 0 saturated heterocycles. The van der Waals surface area contributed by atoms with E-state index in [1.807, 2.05) is 30.2 Å². The maximum atomic E-state index is 12.2. The highest BCUT2D eigenvalue weighted by Gasteiger charge is 2.35. The Morgan fingerprint density at radius 3 is 2.77 bits per heavy atom. The van der Waals surface area contributed by atoms with Gasteiger partial charge >= 0.3 is 5.97 Å². The highest BCUT2D eigenvalue weighted by molar-refractivity contribution is 7.09. The third-order valence-electron chi connectivity index (χ3n) is 4.26. The van der Waals surface area contributed by atoms with Crippen LogP contribution < -0.4 is 5.32 Å². The lowest BCUT2D eigenvalue weighted by molar-refractivity contribution is -0.140. The zero-order chi connectivity index (χ0) is 16.1. The number of carboxylic acid groups (broad SMARTS) is 1. The highest BCUT2D eigenvalue weighted by Crippen LogP contribution is 2.26. The topological polar surface area (TPSA) is 69.6 Å². The summed E-state index contributed by atoms with van der Waals surface area (Å²) in [5.41, 5.74) is 0. The van der Waals surface area contributed by atoms with Crippen LogP contribution >= 0.6 is 11.3 Å². The molecule has 6 heteroatoms. The van der Waals surface area contributed by atoms with E-state index in [0.717, 1.165) is 25.8 Å². The van der Waals surface area contributed by atoms with Gasteiger partial charge in [0.1, 0.15) is 0 Å². The average Bonchev–Trinajstić information content (AvgIpc) is 2.92. The summed E-state index contributed by atoms with van der Waals surface area (Å²) in [5, 5.41) is 14.0. The van der Waals surface area contributed by atoms with Crippen LogP contribution in [-0.4, -0.2) is 47.1 Å². The normalized spacial score (nSPS) is 22.1. The van der Waals surface area contributed by atoms with Crippen LogP contribution in [0.3, 0.4) is 0 Å². The minimum Gasteiger partial charge on any atom is -0.480 e. The van der Waals surface area contributed by atoms with E-state index in [-0.39, 0.29) is 30.5 Å². The van der Waals surface area contributed by atoms with Gasteiger partial charge in [0.05, 0.1) is 6.54 Å². The average molecular weight is 324 g/mol. The van der Waals surface area contributed by atoms with Crippen molar-refractivity contribution in [1.29, 1.82) is 0 Å². The number of rotatable bonds is 8. The number of amides is 1. The van der Waals surface area contributed by atoms with Crippen molar-refractivity contribution < 1.29 is 14.7 Å². The zero-order valence-electron chi connectivity index (χ0n) is 13.1. The van der Waals surface area contributed by atoms with Gasteiger partial charge in [-0.15, -0.1) is 11.3 Å². The molecule has 1 fully saturated rings. The van der Waals surface area contributed by atoms with E-state index in [1.165, 1.54) is 4.88 Å². The number of aliphatic carboxylic acids is 1. The van der Waals surface area contributed by atoms with Gasteiger partial charge in [0.25, 0.3) is 0 Å². The number of nitrogens with zero attached hydrogens (tertiary/aromatic N) is 1. The standard InChI is InChI=1S/C16H24N2O3S/c1-3-18(10-15(19)20)13-8-12(9-13)17-16(21)11(2)7-14-5-4-6-22-14/h4-6,11-13H,3,7-10H2,1-2H3,(H,17,21)(H,19,20). The molecule has 1 heterocycles. The van der Waals surface area contributed by atoms with Crippen molar-refractivity contribution in [2.75, 3.05) is 13.1 Å². The molecular weight excluding hydrogens is 300 g/mol. The van der Waals surface area contributed by atoms with Crippen LogP contribution in [0.1, 0.15) is 31.6 Å². The minimum absolute atomic E-state index is 0.0287. The Balaban J connectivity index is 1.72. The molecule has 5 nitrogen and oxygen atoms in total. The summed E-state index contributed by atoms with van der Waals surface area (Å²) in [7, 11) is 0. The predicted molar refractivity (Wildman–Crippen MR) is 87.0 cm³/mol. The fourth-order valence-electron chi connectivity index (χ4n) is 2.84. The first-order chi connectivity index (χ1) is 10.5. The van der Waals surface area contributed by atoms with Gasteiger partial charge in [0.2, 0.25) is 5.91 Å². The van der Waals surface area contributed by atoms with Crippen LogP contribution in [-0.2, 0) is 16.0 Å². The van der Waals surface area contributed by atoms with Gasteiger partial charge in [-0.2, -0.15) is 0 Å². The number of nitrogens with one attached hydrogen (secondary N) is 1. The third kappa shape index (κ3) is 4.55. The van der Waals surface area contributed by atoms with Crippen molar-refractivity contribution in [3.8, 4) is 0 Å². The lowest BCUT2D eigenvalue weighted by Gasteiger charge is -2.42. The molecule has 0 bridgehead atoms. The molecule has 1 amide bonds. The quantitative estimate of drug-likeness (QED) is 0.767. The summed E-state index contributed by atoms with van der Waals surface area (Å²) in [6.07, 6.45) is 2.47. The van der Waals surface area contributed by atoms with Gasteiger partial charge in [-0.1, -0.05) is 19.9 Å². The fourth-order valence-corrected chi connectivity index (χ4v) is 3.68. The summed E-state index contributed by atoms with van der Waals surface area (Å²) >= 11 is 1.68. The summed E-state index contributed by atoms with van der Waals surface area (Å²) in [6.45, 7) is 4.73. The number of hydrogen-bond acceptors (Lipinski definition) is 4. The van der Waals surface area contributed by atoms with E-state index >= 15 is 0 Å². The molecule has 122 valence electrons. The van der Waals surface area contributed by atoms with Crippen LogP contribution in [0, 0.1) is 5.92 Å². The molecule has 22 heavy (non-hydrogen) atoms. The molecule has 1 aromatic rings. The van der Waals surface area contributed by atoms with Crippen molar-refractivity contribution in [2.45, 2.75) is 45.2 Å². The molecule has 0 aliphatic heterocycles. The molecule has 1 saturated carbocycles. The number of thiophene rings is 1. The zero-order valence-corrected chi connectivity index (χ0v) is 13.9. The van der Waals surface area contributed by atoms with Gasteiger partial charge in [-0.05, 0) is 37.3 Å². The summed E-state index contributed by atoms with van der Waals surface area (Å²) < 4.78 is 0. The van der Waals surface area contributed by atoms with Crippen molar-refractivity contribution >= 4 is 23.2 Å². The Hall–Kier alpha value is -1.40.